The summed E-state index contributed by atoms with van der Waals surface area (Å²) in [6.45, 7) is 3.35. The molecule has 138 valence electrons. The lowest BCUT2D eigenvalue weighted by atomic mass is 9.97. The van der Waals surface area contributed by atoms with Crippen molar-refractivity contribution in [1.29, 1.82) is 0 Å². The van der Waals surface area contributed by atoms with Crippen LogP contribution in [0, 0.1) is 0 Å². The highest BCUT2D eigenvalue weighted by atomic mass is 16.5. The Bertz CT molecular complexity index is 887. The predicted molar refractivity (Wildman–Crippen MR) is 107 cm³/mol. The van der Waals surface area contributed by atoms with E-state index in [9.17, 15) is 4.79 Å². The lowest BCUT2D eigenvalue weighted by Crippen LogP contribution is -1.98. The summed E-state index contributed by atoms with van der Waals surface area (Å²) in [6.07, 6.45) is 3.69. The minimum atomic E-state index is 0.531. The molecule has 0 saturated carbocycles. The SMILES string of the molecule is CCCOCc1cnc(-c2ccc(OC)cc2)c(-c2ccc(C=O)cc2)c1. The van der Waals surface area contributed by atoms with Gasteiger partial charge in [0, 0.05) is 29.5 Å². The summed E-state index contributed by atoms with van der Waals surface area (Å²) >= 11 is 0. The Balaban J connectivity index is 2.03. The van der Waals surface area contributed by atoms with E-state index in [1.165, 1.54) is 0 Å². The zero-order valence-electron chi connectivity index (χ0n) is 15.6. The van der Waals surface area contributed by atoms with Gasteiger partial charge in [-0.05, 0) is 47.9 Å². The number of rotatable bonds is 8. The molecule has 0 aliphatic heterocycles. The van der Waals surface area contributed by atoms with Gasteiger partial charge in [-0.15, -0.1) is 0 Å². The minimum Gasteiger partial charge on any atom is -0.497 e. The van der Waals surface area contributed by atoms with Gasteiger partial charge < -0.3 is 9.47 Å². The van der Waals surface area contributed by atoms with Gasteiger partial charge in [-0.25, -0.2) is 0 Å². The van der Waals surface area contributed by atoms with Crippen molar-refractivity contribution < 1.29 is 14.3 Å². The summed E-state index contributed by atoms with van der Waals surface area (Å²) in [7, 11) is 1.65. The van der Waals surface area contributed by atoms with Gasteiger partial charge in [0.1, 0.15) is 12.0 Å². The zero-order chi connectivity index (χ0) is 19.1. The molecular weight excluding hydrogens is 338 g/mol. The third-order valence-electron chi connectivity index (χ3n) is 4.28. The number of hydrogen-bond donors (Lipinski definition) is 0. The maximum absolute atomic E-state index is 11.0. The van der Waals surface area contributed by atoms with Crippen LogP contribution in [-0.4, -0.2) is 25.0 Å². The fourth-order valence-electron chi connectivity index (χ4n) is 2.86. The molecule has 4 heteroatoms. The average Bonchev–Trinajstić information content (AvgIpc) is 2.74. The Morgan fingerprint density at radius 1 is 1.00 bits per heavy atom. The van der Waals surface area contributed by atoms with Crippen LogP contribution in [0.15, 0.2) is 60.8 Å². The smallest absolute Gasteiger partial charge is 0.150 e. The van der Waals surface area contributed by atoms with Crippen molar-refractivity contribution in [3.63, 3.8) is 0 Å². The first-order valence-electron chi connectivity index (χ1n) is 9.02. The molecule has 0 N–H and O–H groups in total. The van der Waals surface area contributed by atoms with E-state index in [1.807, 2.05) is 54.7 Å². The Labute approximate surface area is 159 Å². The standard InChI is InChI=1S/C23H23NO3/c1-3-12-27-16-18-13-22(19-6-4-17(15-25)5-7-19)23(24-14-18)20-8-10-21(26-2)11-9-20/h4-11,13-15H,3,12,16H2,1-2H3. The van der Waals surface area contributed by atoms with Crippen LogP contribution in [0.1, 0.15) is 29.3 Å². The topological polar surface area (TPSA) is 48.4 Å². The normalized spacial score (nSPS) is 10.6. The second-order valence-corrected chi connectivity index (χ2v) is 6.26. The Kier molecular flexibility index (Phi) is 6.34. The fourth-order valence-corrected chi connectivity index (χ4v) is 2.86. The van der Waals surface area contributed by atoms with Crippen LogP contribution >= 0.6 is 0 Å². The molecule has 2 aromatic carbocycles. The number of aldehydes is 1. The van der Waals surface area contributed by atoms with Gasteiger partial charge in [-0.3, -0.25) is 9.78 Å². The van der Waals surface area contributed by atoms with Crippen LogP contribution in [0.4, 0.5) is 0 Å². The molecule has 0 unspecified atom stereocenters. The first kappa shape index (κ1) is 18.8. The third kappa shape index (κ3) is 4.60. The van der Waals surface area contributed by atoms with Crippen molar-refractivity contribution in [3.8, 4) is 28.1 Å². The number of aromatic nitrogens is 1. The van der Waals surface area contributed by atoms with Crippen LogP contribution in [-0.2, 0) is 11.3 Å². The predicted octanol–water partition coefficient (Wildman–Crippen LogP) is 5.16. The molecule has 0 aliphatic rings. The Hall–Kier alpha value is -2.98. The molecule has 0 bridgehead atoms. The van der Waals surface area contributed by atoms with Gasteiger partial charge in [-0.1, -0.05) is 31.2 Å². The summed E-state index contributed by atoms with van der Waals surface area (Å²) in [5.41, 5.74) is 5.59. The highest BCUT2D eigenvalue weighted by Crippen LogP contribution is 2.32. The second kappa shape index (κ2) is 9.10. The molecule has 4 nitrogen and oxygen atoms in total. The monoisotopic (exact) mass is 361 g/mol. The van der Waals surface area contributed by atoms with Gasteiger partial charge in [0.2, 0.25) is 0 Å². The lowest BCUT2D eigenvalue weighted by Gasteiger charge is -2.13. The van der Waals surface area contributed by atoms with Crippen LogP contribution in [0.2, 0.25) is 0 Å². The summed E-state index contributed by atoms with van der Waals surface area (Å²) in [4.78, 5) is 15.7. The highest BCUT2D eigenvalue weighted by Gasteiger charge is 2.11. The number of carbonyl (C=O) groups is 1. The molecule has 1 aromatic heterocycles. The number of benzene rings is 2. The number of carbonyl (C=O) groups excluding carboxylic acids is 1. The molecule has 0 saturated heterocycles. The number of ether oxygens (including phenoxy) is 2. The second-order valence-electron chi connectivity index (χ2n) is 6.26. The number of nitrogens with zero attached hydrogens (tertiary/aromatic N) is 1. The van der Waals surface area contributed by atoms with Crippen LogP contribution in [0.25, 0.3) is 22.4 Å². The molecule has 3 aromatic rings. The van der Waals surface area contributed by atoms with Crippen molar-refractivity contribution >= 4 is 6.29 Å². The molecule has 1 heterocycles. The van der Waals surface area contributed by atoms with E-state index in [0.29, 0.717) is 12.2 Å². The first-order chi connectivity index (χ1) is 13.2. The van der Waals surface area contributed by atoms with Gasteiger partial charge >= 0.3 is 0 Å². The van der Waals surface area contributed by atoms with Crippen LogP contribution < -0.4 is 4.74 Å². The maximum atomic E-state index is 11.0. The molecule has 0 fully saturated rings. The molecule has 0 amide bonds. The molecule has 0 aliphatic carbocycles. The number of pyridine rings is 1. The van der Waals surface area contributed by atoms with Crippen molar-refractivity contribution in [3.05, 3.63) is 71.9 Å². The highest BCUT2D eigenvalue weighted by molar-refractivity contribution is 5.83. The van der Waals surface area contributed by atoms with Crippen molar-refractivity contribution in [2.45, 2.75) is 20.0 Å². The summed E-state index contributed by atoms with van der Waals surface area (Å²) < 4.78 is 10.9. The largest absolute Gasteiger partial charge is 0.497 e. The molecule has 0 atom stereocenters. The van der Waals surface area contributed by atoms with Crippen molar-refractivity contribution in [2.24, 2.45) is 0 Å². The van der Waals surface area contributed by atoms with E-state index in [2.05, 4.69) is 13.0 Å². The maximum Gasteiger partial charge on any atom is 0.150 e. The van der Waals surface area contributed by atoms with Gasteiger partial charge in [-0.2, -0.15) is 0 Å². The number of methoxy groups -OCH3 is 1. The average molecular weight is 361 g/mol. The summed E-state index contributed by atoms with van der Waals surface area (Å²) in [6, 6.07) is 17.5. The van der Waals surface area contributed by atoms with E-state index in [-0.39, 0.29) is 0 Å². The molecule has 3 rings (SSSR count). The minimum absolute atomic E-state index is 0.531. The summed E-state index contributed by atoms with van der Waals surface area (Å²) in [5.74, 6) is 0.806. The Morgan fingerprint density at radius 2 is 1.70 bits per heavy atom. The molecule has 0 spiro atoms. The molecular formula is C23H23NO3. The van der Waals surface area contributed by atoms with Crippen molar-refractivity contribution in [2.75, 3.05) is 13.7 Å². The quantitative estimate of drug-likeness (QED) is 0.410. The third-order valence-corrected chi connectivity index (χ3v) is 4.28. The molecule has 27 heavy (non-hydrogen) atoms. The van der Waals surface area contributed by atoms with E-state index in [1.54, 1.807) is 7.11 Å². The van der Waals surface area contributed by atoms with Crippen LogP contribution in [0.3, 0.4) is 0 Å². The number of hydrogen-bond acceptors (Lipinski definition) is 4. The first-order valence-corrected chi connectivity index (χ1v) is 9.02. The zero-order valence-corrected chi connectivity index (χ0v) is 15.6. The Morgan fingerprint density at radius 3 is 2.33 bits per heavy atom. The lowest BCUT2D eigenvalue weighted by molar-refractivity contribution is 0.112. The summed E-state index contributed by atoms with van der Waals surface area (Å²) in [5, 5.41) is 0. The fraction of sp³-hybridized carbons (Fsp3) is 0.217. The van der Waals surface area contributed by atoms with Gasteiger partial charge in [0.15, 0.2) is 0 Å². The van der Waals surface area contributed by atoms with E-state index in [4.69, 9.17) is 14.5 Å². The molecule has 0 radical (unpaired) electrons. The van der Waals surface area contributed by atoms with E-state index in [0.717, 1.165) is 53.0 Å². The van der Waals surface area contributed by atoms with Crippen molar-refractivity contribution in [1.82, 2.24) is 4.98 Å². The van der Waals surface area contributed by atoms with E-state index >= 15 is 0 Å². The van der Waals surface area contributed by atoms with Gasteiger partial charge in [0.25, 0.3) is 0 Å². The van der Waals surface area contributed by atoms with Gasteiger partial charge in [0.05, 0.1) is 19.4 Å². The van der Waals surface area contributed by atoms with E-state index < -0.39 is 0 Å². The van der Waals surface area contributed by atoms with Crippen LogP contribution in [0.5, 0.6) is 5.75 Å².